The summed E-state index contributed by atoms with van der Waals surface area (Å²) in [4.78, 5) is 137. The summed E-state index contributed by atoms with van der Waals surface area (Å²) in [6.45, 7) is 1.77. The maximum absolute atomic E-state index is 14.6. The molecule has 0 unspecified atom stereocenters. The summed E-state index contributed by atoms with van der Waals surface area (Å²) in [5.41, 5.74) is 8.02. The average Bonchev–Trinajstić information content (AvgIpc) is 4.17. The van der Waals surface area contributed by atoms with Crippen LogP contribution in [-0.4, -0.2) is 134 Å². The molecule has 20 heteroatoms. The number of carbonyl (C=O) groups excluding carboxylic acids is 9. The maximum atomic E-state index is 14.6. The third kappa shape index (κ3) is 13.0. The smallest absolute Gasteiger partial charge is 0.246 e. The highest BCUT2D eigenvalue weighted by molar-refractivity contribution is 6.00. The number of amides is 9. The Balaban J connectivity index is 1.26. The second-order valence-corrected chi connectivity index (χ2v) is 17.9. The number of fused-ring (bicyclic) bond motifs is 2. The molecule has 0 saturated carbocycles. The van der Waals surface area contributed by atoms with Gasteiger partial charge in [-0.2, -0.15) is 0 Å². The van der Waals surface area contributed by atoms with Crippen LogP contribution in [0, 0.1) is 0 Å². The number of H-pyrrole nitrogens is 1. The van der Waals surface area contributed by atoms with Crippen molar-refractivity contribution < 1.29 is 43.2 Å². The van der Waals surface area contributed by atoms with Crippen LogP contribution in [0.2, 0.25) is 0 Å². The summed E-state index contributed by atoms with van der Waals surface area (Å²) in [5, 5.41) is 16.2. The second-order valence-electron chi connectivity index (χ2n) is 17.9. The Kier molecular flexibility index (Phi) is 16.7. The molecule has 20 nitrogen and oxygen atoms in total. The number of imidazole rings is 1. The van der Waals surface area contributed by atoms with Gasteiger partial charge >= 0.3 is 0 Å². The summed E-state index contributed by atoms with van der Waals surface area (Å²) >= 11 is 0. The van der Waals surface area contributed by atoms with E-state index in [2.05, 4.69) is 41.9 Å². The van der Waals surface area contributed by atoms with E-state index >= 15 is 0 Å². The molecule has 0 spiro atoms. The summed E-state index contributed by atoms with van der Waals surface area (Å²) in [7, 11) is 0. The third-order valence-corrected chi connectivity index (χ3v) is 12.8. The average molecular weight is 958 g/mol. The first-order valence-electron chi connectivity index (χ1n) is 23.5. The largest absolute Gasteiger partial charge is 0.370 e. The Labute approximate surface area is 404 Å². The molecule has 7 rings (SSSR count). The number of aromatic amines is 1. The van der Waals surface area contributed by atoms with E-state index in [0.29, 0.717) is 41.6 Å². The summed E-state index contributed by atoms with van der Waals surface area (Å²) in [6.07, 6.45) is 3.51. The van der Waals surface area contributed by atoms with Crippen LogP contribution in [0.4, 0.5) is 0 Å². The van der Waals surface area contributed by atoms with Gasteiger partial charge in [-0.15, -0.1) is 0 Å². The van der Waals surface area contributed by atoms with E-state index in [0.717, 1.165) is 0 Å². The predicted molar refractivity (Wildman–Crippen MR) is 253 cm³/mol. The van der Waals surface area contributed by atoms with E-state index < -0.39 is 108 Å². The van der Waals surface area contributed by atoms with Crippen LogP contribution in [-0.2, 0) is 68.8 Å². The number of hydrogen-bond acceptors (Lipinski definition) is 10. The number of benzene rings is 3. The lowest BCUT2D eigenvalue weighted by Crippen LogP contribution is -2.62. The van der Waals surface area contributed by atoms with Crippen molar-refractivity contribution in [2.24, 2.45) is 5.73 Å². The molecule has 0 radical (unpaired) electrons. The Bertz CT molecular complexity index is 2510. The van der Waals surface area contributed by atoms with Gasteiger partial charge in [0, 0.05) is 50.7 Å². The molecule has 4 aromatic rings. The Hall–Kier alpha value is -7.90. The minimum absolute atomic E-state index is 0.0269. The number of carbonyl (C=O) groups is 9. The molecule has 3 aromatic carbocycles. The number of rotatable bonds is 10. The van der Waals surface area contributed by atoms with Crippen LogP contribution >= 0.6 is 0 Å². The molecule has 368 valence electrons. The molecule has 3 fully saturated rings. The zero-order valence-corrected chi connectivity index (χ0v) is 38.8. The number of nitrogens with one attached hydrogen (secondary N) is 7. The zero-order chi connectivity index (χ0) is 49.7. The van der Waals surface area contributed by atoms with Crippen LogP contribution in [0.15, 0.2) is 104 Å². The summed E-state index contributed by atoms with van der Waals surface area (Å²) < 4.78 is 0. The molecule has 8 atom stereocenters. The van der Waals surface area contributed by atoms with Crippen molar-refractivity contribution in [3.63, 3.8) is 0 Å². The first-order valence-corrected chi connectivity index (χ1v) is 23.5. The van der Waals surface area contributed by atoms with Gasteiger partial charge < -0.3 is 52.4 Å². The van der Waals surface area contributed by atoms with Gasteiger partial charge in [-0.05, 0) is 49.3 Å². The van der Waals surface area contributed by atoms with E-state index in [9.17, 15) is 43.2 Å². The molecule has 9 N–H and O–H groups in total. The number of primary amides is 1. The van der Waals surface area contributed by atoms with E-state index in [-0.39, 0.29) is 45.2 Å². The van der Waals surface area contributed by atoms with Gasteiger partial charge in [0.15, 0.2) is 0 Å². The number of nitrogens with zero attached hydrogens (tertiary/aromatic N) is 3. The van der Waals surface area contributed by atoms with Crippen molar-refractivity contribution >= 4 is 53.2 Å². The minimum Gasteiger partial charge on any atom is -0.370 e. The third-order valence-electron chi connectivity index (χ3n) is 12.8. The highest BCUT2D eigenvalue weighted by Gasteiger charge is 2.45. The van der Waals surface area contributed by atoms with Crippen molar-refractivity contribution in [3.05, 3.63) is 126 Å². The molecule has 3 aliphatic rings. The SMILES string of the molecule is C[C@@H]1NC(=O)[C@H](CC(N)=O)NC(=O)[C@H](Cc2ccccc2)NC(=O)[C@H](Cc2ccccc2)NC(=O)[C@H](Cc2cnc[nH]2)NC(=O)[C@@H]2CCCN2C(=O)[C@H]2CCCN2C(=O)[C@H](Cc2ccccc2)NC1=O. The monoisotopic (exact) mass is 957 g/mol. The normalized spacial score (nSPS) is 25.6. The van der Waals surface area contributed by atoms with Gasteiger partial charge in [0.05, 0.1) is 12.7 Å². The lowest BCUT2D eigenvalue weighted by atomic mass is 10.0. The lowest BCUT2D eigenvalue weighted by Gasteiger charge is -2.33. The van der Waals surface area contributed by atoms with E-state index in [1.807, 2.05) is 0 Å². The Morgan fingerprint density at radius 2 is 0.957 bits per heavy atom. The molecule has 0 bridgehead atoms. The van der Waals surface area contributed by atoms with Gasteiger partial charge in [0.25, 0.3) is 0 Å². The molecule has 3 aliphatic heterocycles. The Morgan fingerprint density at radius 3 is 1.46 bits per heavy atom. The Morgan fingerprint density at radius 1 is 0.529 bits per heavy atom. The number of hydrogen-bond donors (Lipinski definition) is 8. The molecule has 9 amide bonds. The zero-order valence-electron chi connectivity index (χ0n) is 38.8. The fourth-order valence-corrected chi connectivity index (χ4v) is 9.15. The highest BCUT2D eigenvalue weighted by Crippen LogP contribution is 2.26. The van der Waals surface area contributed by atoms with Crippen molar-refractivity contribution in [1.29, 1.82) is 0 Å². The molecular weight excluding hydrogens is 899 g/mol. The van der Waals surface area contributed by atoms with Gasteiger partial charge in [-0.1, -0.05) is 91.0 Å². The second kappa shape index (κ2) is 23.4. The predicted octanol–water partition coefficient (Wildman–Crippen LogP) is -0.520. The molecule has 4 heterocycles. The quantitative estimate of drug-likeness (QED) is 0.101. The topological polar surface area (TPSA) is 287 Å². The molecular formula is C50H59N11O9. The van der Waals surface area contributed by atoms with Crippen molar-refractivity contribution in [2.45, 2.75) is 113 Å². The first kappa shape index (κ1) is 50.0. The van der Waals surface area contributed by atoms with Crippen molar-refractivity contribution in [1.82, 2.24) is 51.7 Å². The lowest BCUT2D eigenvalue weighted by molar-refractivity contribution is -0.148. The number of nitrogens with two attached hydrogens (primary N) is 1. The summed E-state index contributed by atoms with van der Waals surface area (Å²) in [6, 6.07) is 16.3. The van der Waals surface area contributed by atoms with Gasteiger partial charge in [-0.3, -0.25) is 43.2 Å². The van der Waals surface area contributed by atoms with Crippen LogP contribution in [0.1, 0.15) is 61.4 Å². The van der Waals surface area contributed by atoms with Crippen LogP contribution in [0.5, 0.6) is 0 Å². The van der Waals surface area contributed by atoms with Crippen molar-refractivity contribution in [3.8, 4) is 0 Å². The molecule has 0 aliphatic carbocycles. The van der Waals surface area contributed by atoms with E-state index in [4.69, 9.17) is 5.73 Å². The molecule has 1 aromatic heterocycles. The van der Waals surface area contributed by atoms with Crippen LogP contribution in [0.3, 0.4) is 0 Å². The fourth-order valence-electron chi connectivity index (χ4n) is 9.15. The van der Waals surface area contributed by atoms with Gasteiger partial charge in [-0.25, -0.2) is 4.98 Å². The highest BCUT2D eigenvalue weighted by atomic mass is 16.2. The summed E-state index contributed by atoms with van der Waals surface area (Å²) in [5.74, 6) is -6.73. The first-order chi connectivity index (χ1) is 33.7. The standard InChI is InChI=1S/C50H59N11O9/c1-30-43(63)59-39(25-33-17-9-4-10-18-33)49(69)61-22-12-20-41(61)50(70)60-21-11-19-40(60)48(68)58-37(26-34-28-52-29-53-34)47(67)56-35(23-31-13-5-2-6-14-31)45(65)55-36(24-32-15-7-3-8-16-32)46(66)57-38(27-42(51)62)44(64)54-30/h2-10,13-18,28-30,35-41H,11-12,19-27H2,1H3,(H2,51,62)(H,52,53)(H,54,64)(H,55,65)(H,56,67)(H,57,66)(H,58,68)(H,59,63)/t30-,35-,36-,37-,38-,39-,40-,41+/m0/s1. The fraction of sp³-hybridized carbons (Fsp3) is 0.400. The maximum Gasteiger partial charge on any atom is 0.246 e. The van der Waals surface area contributed by atoms with Gasteiger partial charge in [0.1, 0.15) is 48.3 Å². The van der Waals surface area contributed by atoms with E-state index in [1.165, 1.54) is 29.2 Å². The molecule has 70 heavy (non-hydrogen) atoms. The minimum atomic E-state index is -1.62. The van der Waals surface area contributed by atoms with Gasteiger partial charge in [0.2, 0.25) is 53.2 Å². The molecule has 3 saturated heterocycles. The van der Waals surface area contributed by atoms with Crippen LogP contribution < -0.4 is 37.6 Å². The van der Waals surface area contributed by atoms with Crippen LogP contribution in [0.25, 0.3) is 0 Å². The van der Waals surface area contributed by atoms with E-state index in [1.54, 1.807) is 91.0 Å². The van der Waals surface area contributed by atoms with Crippen molar-refractivity contribution in [2.75, 3.05) is 13.1 Å². The number of aromatic nitrogens is 2.